The first-order valence-corrected chi connectivity index (χ1v) is 10.4. The number of carbonyl (C=O) groups excluding carboxylic acids is 1. The first-order valence-electron chi connectivity index (χ1n) is 10.4. The molecule has 32 heavy (non-hydrogen) atoms. The van der Waals surface area contributed by atoms with Crippen LogP contribution in [0.25, 0.3) is 5.69 Å². The summed E-state index contributed by atoms with van der Waals surface area (Å²) in [7, 11) is 3.11. The van der Waals surface area contributed by atoms with Gasteiger partial charge >= 0.3 is 0 Å². The highest BCUT2D eigenvalue weighted by Crippen LogP contribution is 2.28. The summed E-state index contributed by atoms with van der Waals surface area (Å²) in [6.07, 6.45) is 0. The predicted molar refractivity (Wildman–Crippen MR) is 122 cm³/mol. The van der Waals surface area contributed by atoms with Crippen molar-refractivity contribution in [3.8, 4) is 17.2 Å². The number of amides is 1. The molecule has 1 amide bonds. The van der Waals surface area contributed by atoms with Gasteiger partial charge in [-0.2, -0.15) is 4.68 Å². The van der Waals surface area contributed by atoms with E-state index in [-0.39, 0.29) is 11.5 Å². The Kier molecular flexibility index (Phi) is 6.11. The topological polar surface area (TPSA) is 76.9 Å². The standard InChI is InChI=1S/C24H26N4O4/c1-17-4-7-19(8-5-17)28-23(29)11-10-22(25-28)26-12-14-27(15-13-26)24(30)18-6-9-20(31-2)21(16-18)32-3/h4-11,16H,12-15H2,1-3H3. The van der Waals surface area contributed by atoms with Crippen LogP contribution < -0.4 is 19.9 Å². The molecule has 1 saturated heterocycles. The van der Waals surface area contributed by atoms with Crippen molar-refractivity contribution in [2.45, 2.75) is 6.92 Å². The Balaban J connectivity index is 1.47. The van der Waals surface area contributed by atoms with Crippen molar-refractivity contribution >= 4 is 11.7 Å². The first kappa shape index (κ1) is 21.4. The van der Waals surface area contributed by atoms with Gasteiger partial charge in [0.05, 0.1) is 19.9 Å². The lowest BCUT2D eigenvalue weighted by Gasteiger charge is -2.35. The van der Waals surface area contributed by atoms with Crippen molar-refractivity contribution < 1.29 is 14.3 Å². The Bertz CT molecular complexity index is 1170. The van der Waals surface area contributed by atoms with E-state index < -0.39 is 0 Å². The number of benzene rings is 2. The lowest BCUT2D eigenvalue weighted by atomic mass is 10.1. The van der Waals surface area contributed by atoms with Crippen LogP contribution in [0.1, 0.15) is 15.9 Å². The van der Waals surface area contributed by atoms with Crippen LogP contribution in [0.3, 0.4) is 0 Å². The number of rotatable bonds is 5. The quantitative estimate of drug-likeness (QED) is 0.614. The molecule has 0 radical (unpaired) electrons. The first-order chi connectivity index (χ1) is 15.5. The molecular formula is C24H26N4O4. The average molecular weight is 434 g/mol. The van der Waals surface area contributed by atoms with Gasteiger partial charge in [0.15, 0.2) is 11.5 Å². The highest BCUT2D eigenvalue weighted by atomic mass is 16.5. The van der Waals surface area contributed by atoms with Gasteiger partial charge in [0, 0.05) is 37.8 Å². The van der Waals surface area contributed by atoms with Gasteiger partial charge in [0.1, 0.15) is 5.82 Å². The molecule has 2 heterocycles. The number of aromatic nitrogens is 2. The Morgan fingerprint density at radius 2 is 1.56 bits per heavy atom. The van der Waals surface area contributed by atoms with Crippen LogP contribution in [-0.2, 0) is 0 Å². The van der Waals surface area contributed by atoms with Crippen LogP contribution in [0.4, 0.5) is 5.82 Å². The number of ether oxygens (including phenoxy) is 2. The van der Waals surface area contributed by atoms with E-state index in [1.165, 1.54) is 10.7 Å². The normalized spacial score (nSPS) is 13.7. The zero-order valence-corrected chi connectivity index (χ0v) is 18.4. The molecule has 1 aliphatic rings. The molecular weight excluding hydrogens is 408 g/mol. The Morgan fingerprint density at radius 3 is 2.22 bits per heavy atom. The number of aryl methyl sites for hydroxylation is 1. The third-order valence-electron chi connectivity index (χ3n) is 5.59. The van der Waals surface area contributed by atoms with Gasteiger partial charge in [-0.1, -0.05) is 17.7 Å². The Hall–Kier alpha value is -3.81. The van der Waals surface area contributed by atoms with Gasteiger partial charge in [0.2, 0.25) is 0 Å². The maximum Gasteiger partial charge on any atom is 0.271 e. The second kappa shape index (κ2) is 9.13. The largest absolute Gasteiger partial charge is 0.493 e. The molecule has 0 atom stereocenters. The van der Waals surface area contributed by atoms with Crippen molar-refractivity contribution in [3.05, 3.63) is 76.1 Å². The zero-order valence-electron chi connectivity index (χ0n) is 18.4. The Labute approximate surface area is 186 Å². The van der Waals surface area contributed by atoms with Crippen molar-refractivity contribution in [2.24, 2.45) is 0 Å². The van der Waals surface area contributed by atoms with Gasteiger partial charge < -0.3 is 19.3 Å². The molecule has 166 valence electrons. The fourth-order valence-electron chi connectivity index (χ4n) is 3.73. The Morgan fingerprint density at radius 1 is 0.875 bits per heavy atom. The molecule has 1 aliphatic heterocycles. The second-order valence-electron chi connectivity index (χ2n) is 7.63. The molecule has 0 saturated carbocycles. The molecule has 0 bridgehead atoms. The average Bonchev–Trinajstić information content (AvgIpc) is 2.84. The molecule has 0 aliphatic carbocycles. The highest BCUT2D eigenvalue weighted by Gasteiger charge is 2.24. The molecule has 3 aromatic rings. The third kappa shape index (κ3) is 4.30. The van der Waals surface area contributed by atoms with Gasteiger partial charge in [-0.15, -0.1) is 5.10 Å². The second-order valence-corrected chi connectivity index (χ2v) is 7.63. The van der Waals surface area contributed by atoms with Crippen molar-refractivity contribution in [1.29, 1.82) is 0 Å². The number of anilines is 1. The van der Waals surface area contributed by atoms with Crippen LogP contribution in [0.15, 0.2) is 59.4 Å². The van der Waals surface area contributed by atoms with E-state index in [4.69, 9.17) is 9.47 Å². The number of nitrogens with zero attached hydrogens (tertiary/aromatic N) is 4. The summed E-state index contributed by atoms with van der Waals surface area (Å²) >= 11 is 0. The number of hydrogen-bond donors (Lipinski definition) is 0. The van der Waals surface area contributed by atoms with Crippen molar-refractivity contribution in [3.63, 3.8) is 0 Å². The molecule has 1 aromatic heterocycles. The molecule has 2 aromatic carbocycles. The van der Waals surface area contributed by atoms with Crippen molar-refractivity contribution in [1.82, 2.24) is 14.7 Å². The number of methoxy groups -OCH3 is 2. The maximum atomic E-state index is 13.0. The fourth-order valence-corrected chi connectivity index (χ4v) is 3.73. The zero-order chi connectivity index (χ0) is 22.7. The minimum Gasteiger partial charge on any atom is -0.493 e. The van der Waals surface area contributed by atoms with E-state index in [1.54, 1.807) is 38.5 Å². The van der Waals surface area contributed by atoms with Crippen LogP contribution >= 0.6 is 0 Å². The summed E-state index contributed by atoms with van der Waals surface area (Å²) < 4.78 is 12.0. The summed E-state index contributed by atoms with van der Waals surface area (Å²) in [5.41, 5.74) is 2.22. The van der Waals surface area contributed by atoms with Crippen LogP contribution in [0.5, 0.6) is 11.5 Å². The molecule has 4 rings (SSSR count). The van der Waals surface area contributed by atoms with E-state index >= 15 is 0 Å². The summed E-state index contributed by atoms with van der Waals surface area (Å²) in [4.78, 5) is 29.2. The third-order valence-corrected chi connectivity index (χ3v) is 5.59. The van der Waals surface area contributed by atoms with Gasteiger partial charge in [-0.3, -0.25) is 9.59 Å². The lowest BCUT2D eigenvalue weighted by Crippen LogP contribution is -2.49. The molecule has 0 spiro atoms. The number of hydrogen-bond acceptors (Lipinski definition) is 6. The van der Waals surface area contributed by atoms with Crippen LogP contribution in [0.2, 0.25) is 0 Å². The molecule has 0 unspecified atom stereocenters. The maximum absolute atomic E-state index is 13.0. The fraction of sp³-hybridized carbons (Fsp3) is 0.292. The molecule has 1 fully saturated rings. The minimum absolute atomic E-state index is 0.0526. The lowest BCUT2D eigenvalue weighted by molar-refractivity contribution is 0.0746. The molecule has 8 heteroatoms. The van der Waals surface area contributed by atoms with E-state index in [2.05, 4.69) is 10.00 Å². The summed E-state index contributed by atoms with van der Waals surface area (Å²) in [5, 5.41) is 4.56. The predicted octanol–water partition coefficient (Wildman–Crippen LogP) is 2.52. The van der Waals surface area contributed by atoms with Crippen LogP contribution in [-0.4, -0.2) is 61.0 Å². The van der Waals surface area contributed by atoms with Gasteiger partial charge in [-0.25, -0.2) is 0 Å². The number of piperazine rings is 1. The minimum atomic E-state index is -0.181. The van der Waals surface area contributed by atoms with E-state index in [1.807, 2.05) is 36.1 Å². The van der Waals surface area contributed by atoms with Gasteiger partial charge in [0.25, 0.3) is 11.5 Å². The molecule has 8 nitrogen and oxygen atoms in total. The monoisotopic (exact) mass is 434 g/mol. The smallest absolute Gasteiger partial charge is 0.271 e. The van der Waals surface area contributed by atoms with E-state index in [0.29, 0.717) is 49.1 Å². The van der Waals surface area contributed by atoms with Crippen LogP contribution in [0, 0.1) is 6.92 Å². The highest BCUT2D eigenvalue weighted by molar-refractivity contribution is 5.95. The summed E-state index contributed by atoms with van der Waals surface area (Å²) in [6, 6.07) is 16.1. The van der Waals surface area contributed by atoms with E-state index in [0.717, 1.165) is 11.3 Å². The summed E-state index contributed by atoms with van der Waals surface area (Å²) in [6.45, 7) is 4.35. The van der Waals surface area contributed by atoms with E-state index in [9.17, 15) is 9.59 Å². The number of carbonyl (C=O) groups is 1. The van der Waals surface area contributed by atoms with Crippen molar-refractivity contribution in [2.75, 3.05) is 45.3 Å². The molecule has 0 N–H and O–H groups in total. The summed E-state index contributed by atoms with van der Waals surface area (Å²) in [5.74, 6) is 1.77. The SMILES string of the molecule is COc1ccc(C(=O)N2CCN(c3ccc(=O)n(-c4ccc(C)cc4)n3)CC2)cc1OC. The van der Waals surface area contributed by atoms with Gasteiger partial charge in [-0.05, 0) is 43.3 Å².